The number of hydrogen-bond donors (Lipinski definition) is 3. The molecule has 1 saturated carbocycles. The van der Waals surface area contributed by atoms with Crippen molar-refractivity contribution in [3.05, 3.63) is 23.2 Å². The van der Waals surface area contributed by atoms with Gasteiger partial charge in [-0.25, -0.2) is 0 Å². The molecule has 1 aliphatic rings. The molecule has 0 bridgehead atoms. The molecule has 1 heterocycles. The van der Waals surface area contributed by atoms with Gasteiger partial charge in [0.25, 0.3) is 5.91 Å². The van der Waals surface area contributed by atoms with E-state index in [1.807, 2.05) is 6.92 Å². The second-order valence-corrected chi connectivity index (χ2v) is 6.64. The normalized spacial score (nSPS) is 16.2. The molecule has 7 nitrogen and oxygen atoms in total. The van der Waals surface area contributed by atoms with Crippen molar-refractivity contribution in [2.24, 2.45) is 0 Å². The first kappa shape index (κ1) is 19.0. The van der Waals surface area contributed by atoms with Crippen molar-refractivity contribution in [3.8, 4) is 0 Å². The van der Waals surface area contributed by atoms with E-state index in [-0.39, 0.29) is 23.7 Å². The molecule has 25 heavy (non-hydrogen) atoms. The lowest BCUT2D eigenvalue weighted by molar-refractivity contribution is -0.136. The fraction of sp³-hybridized carbons (Fsp3) is 0.611. The van der Waals surface area contributed by atoms with Crippen LogP contribution in [0.15, 0.2) is 10.7 Å². The lowest BCUT2D eigenvalue weighted by Gasteiger charge is -2.36. The Hall–Kier alpha value is -2.31. The van der Waals surface area contributed by atoms with E-state index in [1.165, 1.54) is 6.26 Å². The molecule has 138 valence electrons. The van der Waals surface area contributed by atoms with Gasteiger partial charge in [-0.1, -0.05) is 26.2 Å². The molecule has 0 saturated heterocycles. The van der Waals surface area contributed by atoms with Gasteiger partial charge in [-0.2, -0.15) is 0 Å². The summed E-state index contributed by atoms with van der Waals surface area (Å²) in [5.41, 5.74) is -0.154. The van der Waals surface area contributed by atoms with Crippen LogP contribution in [0.3, 0.4) is 0 Å². The maximum absolute atomic E-state index is 12.8. The van der Waals surface area contributed by atoms with Gasteiger partial charge in [0.05, 0.1) is 11.8 Å². The Morgan fingerprint density at radius 2 is 1.92 bits per heavy atom. The van der Waals surface area contributed by atoms with E-state index in [4.69, 9.17) is 9.52 Å². The zero-order valence-corrected chi connectivity index (χ0v) is 14.8. The number of aliphatic carboxylic acids is 1. The smallest absolute Gasteiger partial charge is 0.311 e. The Labute approximate surface area is 147 Å². The monoisotopic (exact) mass is 350 g/mol. The van der Waals surface area contributed by atoms with Gasteiger partial charge in [0.15, 0.2) is 0 Å². The molecule has 1 fully saturated rings. The number of rotatable bonds is 7. The molecule has 3 N–H and O–H groups in total. The third-order valence-electron chi connectivity index (χ3n) is 4.62. The van der Waals surface area contributed by atoms with Gasteiger partial charge in [0.1, 0.15) is 17.7 Å². The Bertz CT molecular complexity index is 644. The zero-order chi connectivity index (χ0) is 18.4. The molecule has 1 aliphatic carbocycles. The quantitative estimate of drug-likeness (QED) is 0.698. The second kappa shape index (κ2) is 8.18. The number of furan rings is 1. The number of carboxylic acids is 1. The Morgan fingerprint density at radius 1 is 1.24 bits per heavy atom. The summed E-state index contributed by atoms with van der Waals surface area (Å²) in [7, 11) is 0. The van der Waals surface area contributed by atoms with E-state index in [0.717, 1.165) is 25.7 Å². The first-order chi connectivity index (χ1) is 11.9. The summed E-state index contributed by atoms with van der Waals surface area (Å²) in [5.74, 6) is -1.57. The van der Waals surface area contributed by atoms with Crippen LogP contribution >= 0.6 is 0 Å². The minimum Gasteiger partial charge on any atom is -0.481 e. The molecule has 2 rings (SSSR count). The van der Waals surface area contributed by atoms with Crippen molar-refractivity contribution in [1.29, 1.82) is 0 Å². The first-order valence-corrected chi connectivity index (χ1v) is 8.79. The molecule has 0 spiro atoms. The van der Waals surface area contributed by atoms with Crippen molar-refractivity contribution in [3.63, 3.8) is 0 Å². The summed E-state index contributed by atoms with van der Waals surface area (Å²) < 4.78 is 5.23. The summed E-state index contributed by atoms with van der Waals surface area (Å²) in [4.78, 5) is 36.5. The fourth-order valence-electron chi connectivity index (χ4n) is 3.32. The molecule has 1 aromatic heterocycles. The number of carboxylic acid groups (broad SMARTS) is 1. The Balaban J connectivity index is 2.24. The van der Waals surface area contributed by atoms with Crippen molar-refractivity contribution in [2.45, 2.75) is 64.3 Å². The number of aryl methyl sites for hydroxylation is 1. The van der Waals surface area contributed by atoms with Crippen LogP contribution in [0.2, 0.25) is 0 Å². The molecular weight excluding hydrogens is 324 g/mol. The molecule has 0 aromatic carbocycles. The van der Waals surface area contributed by atoms with Crippen molar-refractivity contribution < 1.29 is 23.9 Å². The van der Waals surface area contributed by atoms with Crippen molar-refractivity contribution in [1.82, 2.24) is 10.6 Å². The lowest BCUT2D eigenvalue weighted by atomic mass is 9.80. The molecule has 2 amide bonds. The van der Waals surface area contributed by atoms with Crippen LogP contribution < -0.4 is 10.6 Å². The largest absolute Gasteiger partial charge is 0.481 e. The number of nitrogens with one attached hydrogen (secondary N) is 2. The second-order valence-electron chi connectivity index (χ2n) is 6.64. The van der Waals surface area contributed by atoms with E-state index >= 15 is 0 Å². The van der Waals surface area contributed by atoms with Crippen LogP contribution in [0.1, 0.15) is 67.1 Å². The maximum Gasteiger partial charge on any atom is 0.311 e. The van der Waals surface area contributed by atoms with Crippen LogP contribution in [-0.2, 0) is 16.0 Å². The van der Waals surface area contributed by atoms with Gasteiger partial charge < -0.3 is 20.2 Å². The highest BCUT2D eigenvalue weighted by Gasteiger charge is 2.41. The zero-order valence-electron chi connectivity index (χ0n) is 14.8. The number of hydrogen-bond acceptors (Lipinski definition) is 4. The van der Waals surface area contributed by atoms with Crippen LogP contribution in [0, 0.1) is 6.92 Å². The average molecular weight is 350 g/mol. The number of carbonyl (C=O) groups is 3. The van der Waals surface area contributed by atoms with Crippen molar-refractivity contribution >= 4 is 17.8 Å². The van der Waals surface area contributed by atoms with Crippen LogP contribution in [-0.4, -0.2) is 35.0 Å². The highest BCUT2D eigenvalue weighted by atomic mass is 16.4. The number of carbonyl (C=O) groups excluding carboxylic acids is 2. The molecule has 0 aliphatic heterocycles. The van der Waals surface area contributed by atoms with Gasteiger partial charge in [-0.3, -0.25) is 14.4 Å². The third kappa shape index (κ3) is 4.41. The number of amides is 2. The van der Waals surface area contributed by atoms with Gasteiger partial charge in [0.2, 0.25) is 5.91 Å². The van der Waals surface area contributed by atoms with Gasteiger partial charge in [-0.15, -0.1) is 0 Å². The highest BCUT2D eigenvalue weighted by molar-refractivity contribution is 6.01. The summed E-state index contributed by atoms with van der Waals surface area (Å²) in [6.45, 7) is 4.22. The van der Waals surface area contributed by atoms with Crippen LogP contribution in [0.4, 0.5) is 0 Å². The molecule has 7 heteroatoms. The van der Waals surface area contributed by atoms with Crippen LogP contribution in [0.5, 0.6) is 0 Å². The van der Waals surface area contributed by atoms with Gasteiger partial charge in [0, 0.05) is 12.1 Å². The minimum atomic E-state index is -1.07. The topological polar surface area (TPSA) is 109 Å². The van der Waals surface area contributed by atoms with E-state index in [9.17, 15) is 14.4 Å². The maximum atomic E-state index is 12.8. The molecule has 0 unspecified atom stereocenters. The van der Waals surface area contributed by atoms with E-state index in [0.29, 0.717) is 24.9 Å². The predicted molar refractivity (Wildman–Crippen MR) is 91.4 cm³/mol. The van der Waals surface area contributed by atoms with Gasteiger partial charge in [-0.05, 0) is 26.2 Å². The molecule has 1 aromatic rings. The highest BCUT2D eigenvalue weighted by Crippen LogP contribution is 2.30. The summed E-state index contributed by atoms with van der Waals surface area (Å²) in [6, 6.07) is 0. The van der Waals surface area contributed by atoms with Gasteiger partial charge >= 0.3 is 5.97 Å². The third-order valence-corrected chi connectivity index (χ3v) is 4.62. The Kier molecular flexibility index (Phi) is 6.22. The van der Waals surface area contributed by atoms with E-state index < -0.39 is 17.4 Å². The minimum absolute atomic E-state index is 0.113. The summed E-state index contributed by atoms with van der Waals surface area (Å²) in [5, 5.41) is 14.8. The molecule has 0 atom stereocenters. The standard InChI is InChI=1S/C18H26N2O5/c1-3-9-19-17(24)18(7-5-4-6-8-18)20-16(23)15-12(2)11-25-13(15)10-14(21)22/h11H,3-10H2,1-2H3,(H,19,24)(H,20,23)(H,21,22). The van der Waals surface area contributed by atoms with Crippen molar-refractivity contribution in [2.75, 3.05) is 6.54 Å². The molecule has 0 radical (unpaired) electrons. The fourth-order valence-corrected chi connectivity index (χ4v) is 3.32. The SMILES string of the molecule is CCCNC(=O)C1(NC(=O)c2c(C)coc2CC(=O)O)CCCCC1. The summed E-state index contributed by atoms with van der Waals surface area (Å²) in [6.07, 6.45) is 5.76. The molecular formula is C18H26N2O5. The van der Waals surface area contributed by atoms with Crippen LogP contribution in [0.25, 0.3) is 0 Å². The Morgan fingerprint density at radius 3 is 2.52 bits per heavy atom. The van der Waals surface area contributed by atoms with E-state index in [2.05, 4.69) is 10.6 Å². The first-order valence-electron chi connectivity index (χ1n) is 8.79. The predicted octanol–water partition coefficient (Wildman–Crippen LogP) is 2.17. The average Bonchev–Trinajstić information content (AvgIpc) is 2.93. The lowest BCUT2D eigenvalue weighted by Crippen LogP contribution is -2.59. The summed E-state index contributed by atoms with van der Waals surface area (Å²) >= 11 is 0. The van der Waals surface area contributed by atoms with E-state index in [1.54, 1.807) is 6.92 Å².